The molecule has 158 valence electrons. The molecule has 0 bridgehead atoms. The molecule has 29 heavy (non-hydrogen) atoms. The van der Waals surface area contributed by atoms with Gasteiger partial charge in [0, 0.05) is 45.2 Å². The molecule has 0 amide bonds. The van der Waals surface area contributed by atoms with Crippen molar-refractivity contribution in [3.05, 3.63) is 41.3 Å². The van der Waals surface area contributed by atoms with Crippen molar-refractivity contribution in [2.75, 3.05) is 38.7 Å². The fourth-order valence-corrected chi connectivity index (χ4v) is 3.88. The fraction of sp³-hybridized carbons (Fsp3) is 0.545. The van der Waals surface area contributed by atoms with E-state index in [4.69, 9.17) is 9.26 Å². The Morgan fingerprint density at radius 2 is 2.10 bits per heavy atom. The molecule has 1 aliphatic heterocycles. The average molecular weight is 400 g/mol. The predicted molar refractivity (Wildman–Crippen MR) is 117 cm³/mol. The van der Waals surface area contributed by atoms with Crippen LogP contribution in [-0.2, 0) is 19.4 Å². The number of aliphatic imine (C=N–C) groups is 1. The Labute approximate surface area is 173 Å². The highest BCUT2D eigenvalue weighted by molar-refractivity contribution is 5.79. The van der Waals surface area contributed by atoms with Gasteiger partial charge in [-0.15, -0.1) is 0 Å². The average Bonchev–Trinajstić information content (AvgIpc) is 3.40. The second-order valence-electron chi connectivity index (χ2n) is 7.32. The van der Waals surface area contributed by atoms with Crippen LogP contribution in [0.15, 0.2) is 33.8 Å². The van der Waals surface area contributed by atoms with E-state index in [1.54, 1.807) is 14.2 Å². The number of hydrogen-bond acceptors (Lipinski definition) is 5. The number of benzene rings is 1. The Morgan fingerprint density at radius 3 is 2.83 bits per heavy atom. The molecular formula is C22H33N5O2. The largest absolute Gasteiger partial charge is 0.495 e. The summed E-state index contributed by atoms with van der Waals surface area (Å²) in [6.45, 7) is 7.80. The number of aryl methyl sites for hydroxylation is 2. The van der Waals surface area contributed by atoms with Crippen LogP contribution in [0.2, 0.25) is 0 Å². The van der Waals surface area contributed by atoms with E-state index >= 15 is 0 Å². The van der Waals surface area contributed by atoms with E-state index in [0.29, 0.717) is 12.5 Å². The number of aromatic nitrogens is 1. The Kier molecular flexibility index (Phi) is 7.38. The van der Waals surface area contributed by atoms with Crippen molar-refractivity contribution in [2.24, 2.45) is 10.9 Å². The highest BCUT2D eigenvalue weighted by Gasteiger charge is 2.24. The molecule has 1 fully saturated rings. The van der Waals surface area contributed by atoms with E-state index in [1.807, 2.05) is 12.1 Å². The van der Waals surface area contributed by atoms with E-state index in [0.717, 1.165) is 67.6 Å². The van der Waals surface area contributed by atoms with Gasteiger partial charge in [-0.3, -0.25) is 4.99 Å². The second-order valence-corrected chi connectivity index (χ2v) is 7.32. The van der Waals surface area contributed by atoms with E-state index < -0.39 is 0 Å². The quantitative estimate of drug-likeness (QED) is 0.525. The van der Waals surface area contributed by atoms with Gasteiger partial charge in [-0.1, -0.05) is 31.1 Å². The number of para-hydroxylation sites is 2. The monoisotopic (exact) mass is 399 g/mol. The van der Waals surface area contributed by atoms with Gasteiger partial charge in [0.15, 0.2) is 5.96 Å². The molecule has 7 nitrogen and oxygen atoms in total. The van der Waals surface area contributed by atoms with Gasteiger partial charge in [-0.2, -0.15) is 0 Å². The third-order valence-corrected chi connectivity index (χ3v) is 5.53. The lowest BCUT2D eigenvalue weighted by atomic mass is 10.1. The summed E-state index contributed by atoms with van der Waals surface area (Å²) in [7, 11) is 3.53. The number of anilines is 1. The van der Waals surface area contributed by atoms with Crippen molar-refractivity contribution in [2.45, 2.75) is 39.7 Å². The van der Waals surface area contributed by atoms with Gasteiger partial charge in [0.2, 0.25) is 0 Å². The first kappa shape index (κ1) is 21.0. The first-order valence-electron chi connectivity index (χ1n) is 10.5. The van der Waals surface area contributed by atoms with Crippen LogP contribution >= 0.6 is 0 Å². The van der Waals surface area contributed by atoms with E-state index in [2.05, 4.69) is 51.7 Å². The number of methoxy groups -OCH3 is 1. The number of nitrogens with one attached hydrogen (secondary N) is 2. The lowest BCUT2D eigenvalue weighted by Crippen LogP contribution is -2.40. The molecule has 0 aliphatic carbocycles. The lowest BCUT2D eigenvalue weighted by molar-refractivity contribution is 0.380. The minimum Gasteiger partial charge on any atom is -0.495 e. The van der Waals surface area contributed by atoms with Crippen LogP contribution < -0.4 is 20.3 Å². The maximum absolute atomic E-state index is 5.51. The first-order valence-corrected chi connectivity index (χ1v) is 10.5. The zero-order valence-electron chi connectivity index (χ0n) is 18.0. The second kappa shape index (κ2) is 10.2. The summed E-state index contributed by atoms with van der Waals surface area (Å²) in [6.07, 6.45) is 2.86. The van der Waals surface area contributed by atoms with E-state index in [-0.39, 0.29) is 0 Å². The molecule has 2 heterocycles. The third kappa shape index (κ3) is 5.02. The summed E-state index contributed by atoms with van der Waals surface area (Å²) < 4.78 is 11.0. The first-order chi connectivity index (χ1) is 14.2. The maximum Gasteiger partial charge on any atom is 0.191 e. The molecule has 2 N–H and O–H groups in total. The Balaban J connectivity index is 1.51. The van der Waals surface area contributed by atoms with Gasteiger partial charge in [-0.25, -0.2) is 0 Å². The number of rotatable bonds is 8. The molecule has 2 aromatic rings. The van der Waals surface area contributed by atoms with Crippen molar-refractivity contribution < 1.29 is 9.26 Å². The highest BCUT2D eigenvalue weighted by atomic mass is 16.5. The Bertz CT molecular complexity index is 796. The molecule has 0 radical (unpaired) electrons. The van der Waals surface area contributed by atoms with Crippen molar-refractivity contribution in [1.82, 2.24) is 15.8 Å². The zero-order chi connectivity index (χ0) is 20.6. The van der Waals surface area contributed by atoms with Crippen molar-refractivity contribution in [3.8, 4) is 5.75 Å². The van der Waals surface area contributed by atoms with Crippen LogP contribution in [0.1, 0.15) is 37.3 Å². The van der Waals surface area contributed by atoms with Crippen molar-refractivity contribution >= 4 is 11.6 Å². The maximum atomic E-state index is 5.51. The summed E-state index contributed by atoms with van der Waals surface area (Å²) in [6, 6.07) is 8.23. The van der Waals surface area contributed by atoms with Crippen LogP contribution in [0.5, 0.6) is 5.75 Å². The topological polar surface area (TPSA) is 74.9 Å². The molecule has 1 saturated heterocycles. The zero-order valence-corrected chi connectivity index (χ0v) is 18.0. The van der Waals surface area contributed by atoms with E-state index in [9.17, 15) is 0 Å². The number of hydrogen-bond donors (Lipinski definition) is 2. The van der Waals surface area contributed by atoms with Gasteiger partial charge < -0.3 is 24.8 Å². The SMILES string of the molecule is CCc1noc(CC)c1CNC(=NC)NCC1CCN(c2ccccc2OC)C1. The molecule has 1 atom stereocenters. The van der Waals surface area contributed by atoms with Crippen molar-refractivity contribution in [1.29, 1.82) is 0 Å². The molecule has 0 saturated carbocycles. The standard InChI is InChI=1S/C22H33N5O2/c1-5-18-17(20(6-2)29-26-18)14-25-22(23-3)24-13-16-11-12-27(15-16)19-9-7-8-10-21(19)28-4/h7-10,16H,5-6,11-15H2,1-4H3,(H2,23,24,25). The summed E-state index contributed by atoms with van der Waals surface area (Å²) in [4.78, 5) is 6.78. The molecule has 0 spiro atoms. The number of ether oxygens (including phenoxy) is 1. The van der Waals surface area contributed by atoms with Crippen LogP contribution in [0.4, 0.5) is 5.69 Å². The minimum absolute atomic E-state index is 0.562. The van der Waals surface area contributed by atoms with Crippen LogP contribution in [0, 0.1) is 5.92 Å². The summed E-state index contributed by atoms with van der Waals surface area (Å²) in [5.74, 6) is 3.26. The minimum atomic E-state index is 0.562. The van der Waals surface area contributed by atoms with Crippen LogP contribution in [0.3, 0.4) is 0 Å². The molecule has 1 aromatic carbocycles. The van der Waals surface area contributed by atoms with E-state index in [1.165, 1.54) is 5.69 Å². The fourth-order valence-electron chi connectivity index (χ4n) is 3.88. The molecule has 3 rings (SSSR count). The molecule has 1 aliphatic rings. The summed E-state index contributed by atoms with van der Waals surface area (Å²) in [5.41, 5.74) is 3.35. The predicted octanol–water partition coefficient (Wildman–Crippen LogP) is 3.00. The van der Waals surface area contributed by atoms with Gasteiger partial charge in [0.05, 0.1) is 18.5 Å². The Morgan fingerprint density at radius 1 is 1.28 bits per heavy atom. The van der Waals surface area contributed by atoms with Gasteiger partial charge in [-0.05, 0) is 30.9 Å². The molecular weight excluding hydrogens is 366 g/mol. The number of nitrogens with zero attached hydrogens (tertiary/aromatic N) is 3. The van der Waals surface area contributed by atoms with Gasteiger partial charge in [0.1, 0.15) is 11.5 Å². The van der Waals surface area contributed by atoms with Crippen LogP contribution in [-0.4, -0.2) is 44.9 Å². The smallest absolute Gasteiger partial charge is 0.191 e. The van der Waals surface area contributed by atoms with Gasteiger partial charge in [0.25, 0.3) is 0 Å². The number of guanidine groups is 1. The molecule has 1 unspecified atom stereocenters. The lowest BCUT2D eigenvalue weighted by Gasteiger charge is -2.21. The summed E-state index contributed by atoms with van der Waals surface area (Å²) >= 11 is 0. The normalized spacial score (nSPS) is 16.9. The van der Waals surface area contributed by atoms with Crippen LogP contribution in [0.25, 0.3) is 0 Å². The molecule has 1 aromatic heterocycles. The highest BCUT2D eigenvalue weighted by Crippen LogP contribution is 2.31. The van der Waals surface area contributed by atoms with Gasteiger partial charge >= 0.3 is 0 Å². The van der Waals surface area contributed by atoms with Crippen molar-refractivity contribution in [3.63, 3.8) is 0 Å². The molecule has 7 heteroatoms. The summed E-state index contributed by atoms with van der Waals surface area (Å²) in [5, 5.41) is 11.1. The Hall–Kier alpha value is -2.70. The third-order valence-electron chi connectivity index (χ3n) is 5.53.